The third-order valence-electron chi connectivity index (χ3n) is 5.28. The summed E-state index contributed by atoms with van der Waals surface area (Å²) in [5, 5.41) is 0. The minimum Gasteiger partial charge on any atom is -0.499 e. The Hall–Kier alpha value is -1.50. The second kappa shape index (κ2) is 20.2. The molecule has 0 saturated heterocycles. The molecule has 1 fully saturated rings. The monoisotopic (exact) mass is 386 g/mol. The van der Waals surface area contributed by atoms with Crippen molar-refractivity contribution in [2.45, 2.75) is 97.8 Å². The molecule has 0 aromatic carbocycles. The Bertz CT molecular complexity index is 461. The van der Waals surface area contributed by atoms with E-state index in [1.165, 1.54) is 63.4 Å². The Balaban J connectivity index is 0.000000576. The van der Waals surface area contributed by atoms with Gasteiger partial charge >= 0.3 is 0 Å². The summed E-state index contributed by atoms with van der Waals surface area (Å²) in [6.07, 6.45) is 28.6. The Labute approximate surface area is 176 Å². The van der Waals surface area contributed by atoms with Crippen molar-refractivity contribution in [1.29, 1.82) is 0 Å². The molecular formula is C27H46O. The van der Waals surface area contributed by atoms with Gasteiger partial charge in [-0.1, -0.05) is 100 Å². The first-order chi connectivity index (χ1) is 13.7. The first kappa shape index (κ1) is 26.5. The van der Waals surface area contributed by atoms with Gasteiger partial charge in [0, 0.05) is 6.42 Å². The lowest BCUT2D eigenvalue weighted by atomic mass is 9.98. The molecule has 28 heavy (non-hydrogen) atoms. The van der Waals surface area contributed by atoms with Gasteiger partial charge in [-0.3, -0.25) is 0 Å². The molecule has 0 amide bonds. The summed E-state index contributed by atoms with van der Waals surface area (Å²) in [5.41, 5.74) is 1.45. The molecule has 0 radical (unpaired) electrons. The Morgan fingerprint density at radius 2 is 1.79 bits per heavy atom. The van der Waals surface area contributed by atoms with E-state index in [1.54, 1.807) is 0 Å². The summed E-state index contributed by atoms with van der Waals surface area (Å²) in [6.45, 7) is 14.4. The van der Waals surface area contributed by atoms with Crippen molar-refractivity contribution in [3.63, 3.8) is 0 Å². The fourth-order valence-electron chi connectivity index (χ4n) is 3.61. The molecule has 0 heterocycles. The topological polar surface area (TPSA) is 9.23 Å². The van der Waals surface area contributed by atoms with Gasteiger partial charge < -0.3 is 4.74 Å². The van der Waals surface area contributed by atoms with E-state index in [1.807, 2.05) is 26.0 Å². The van der Waals surface area contributed by atoms with Gasteiger partial charge in [-0.2, -0.15) is 0 Å². The average Bonchev–Trinajstić information content (AvgIpc) is 3.22. The lowest BCUT2D eigenvalue weighted by molar-refractivity contribution is 0.219. The molecule has 0 aliphatic heterocycles. The highest BCUT2D eigenvalue weighted by atomic mass is 16.5. The van der Waals surface area contributed by atoms with Gasteiger partial charge in [0.1, 0.15) is 0 Å². The van der Waals surface area contributed by atoms with Crippen molar-refractivity contribution >= 4 is 0 Å². The van der Waals surface area contributed by atoms with Gasteiger partial charge in [-0.05, 0) is 52.4 Å². The van der Waals surface area contributed by atoms with Crippen molar-refractivity contribution in [3.8, 4) is 0 Å². The zero-order chi connectivity index (χ0) is 20.9. The predicted octanol–water partition coefficient (Wildman–Crippen LogP) is 9.10. The molecule has 1 nitrogen and oxygen atoms in total. The zero-order valence-corrected chi connectivity index (χ0v) is 19.1. The maximum Gasteiger partial charge on any atom is 0.0888 e. The van der Waals surface area contributed by atoms with Crippen LogP contribution in [0.4, 0.5) is 0 Å². The van der Waals surface area contributed by atoms with Gasteiger partial charge in [0.15, 0.2) is 0 Å². The van der Waals surface area contributed by atoms with Crippen LogP contribution in [0.1, 0.15) is 97.8 Å². The van der Waals surface area contributed by atoms with Crippen LogP contribution < -0.4 is 0 Å². The highest BCUT2D eigenvalue weighted by Crippen LogP contribution is 2.29. The van der Waals surface area contributed by atoms with Crippen LogP contribution in [0.5, 0.6) is 0 Å². The molecule has 0 atom stereocenters. The molecule has 0 aromatic heterocycles. The summed E-state index contributed by atoms with van der Waals surface area (Å²) >= 11 is 0. The van der Waals surface area contributed by atoms with Crippen LogP contribution in [0.15, 0.2) is 60.9 Å². The van der Waals surface area contributed by atoms with E-state index < -0.39 is 0 Å². The minimum atomic E-state index is 0.739. The first-order valence-electron chi connectivity index (χ1n) is 11.5. The minimum absolute atomic E-state index is 0.739. The van der Waals surface area contributed by atoms with Gasteiger partial charge in [-0.15, -0.1) is 0 Å². The number of ether oxygens (including phenoxy) is 1. The second-order valence-electron chi connectivity index (χ2n) is 7.64. The summed E-state index contributed by atoms with van der Waals surface area (Å²) in [6, 6.07) is 0. The van der Waals surface area contributed by atoms with E-state index in [9.17, 15) is 0 Å². The highest BCUT2D eigenvalue weighted by Gasteiger charge is 2.13. The summed E-state index contributed by atoms with van der Waals surface area (Å²) in [4.78, 5) is 0. The Kier molecular flexibility index (Phi) is 19.2. The van der Waals surface area contributed by atoms with E-state index in [0.29, 0.717) is 0 Å². The van der Waals surface area contributed by atoms with Gasteiger partial charge in [0.2, 0.25) is 0 Å². The van der Waals surface area contributed by atoms with E-state index >= 15 is 0 Å². The normalized spacial score (nSPS) is 15.0. The molecule has 1 aliphatic carbocycles. The van der Waals surface area contributed by atoms with Gasteiger partial charge in [0.25, 0.3) is 0 Å². The second-order valence-corrected chi connectivity index (χ2v) is 7.64. The largest absolute Gasteiger partial charge is 0.499 e. The number of hydrogen-bond donors (Lipinski definition) is 0. The third-order valence-corrected chi connectivity index (χ3v) is 5.28. The molecule has 160 valence electrons. The van der Waals surface area contributed by atoms with Gasteiger partial charge in [0.05, 0.1) is 12.4 Å². The van der Waals surface area contributed by atoms with Crippen molar-refractivity contribution in [2.24, 2.45) is 5.92 Å². The van der Waals surface area contributed by atoms with E-state index in [0.717, 1.165) is 37.5 Å². The van der Waals surface area contributed by atoms with Crippen LogP contribution in [-0.4, -0.2) is 6.61 Å². The van der Waals surface area contributed by atoms with Gasteiger partial charge in [-0.25, -0.2) is 0 Å². The maximum absolute atomic E-state index is 5.20. The van der Waals surface area contributed by atoms with Crippen LogP contribution >= 0.6 is 0 Å². The summed E-state index contributed by atoms with van der Waals surface area (Å²) < 4.78 is 5.20. The molecule has 0 aromatic rings. The van der Waals surface area contributed by atoms with Crippen LogP contribution in [0.2, 0.25) is 0 Å². The van der Waals surface area contributed by atoms with E-state index in [-0.39, 0.29) is 0 Å². The fraction of sp³-hybridized carbons (Fsp3) is 0.630. The van der Waals surface area contributed by atoms with E-state index in [4.69, 9.17) is 4.74 Å². The van der Waals surface area contributed by atoms with Crippen molar-refractivity contribution in [1.82, 2.24) is 0 Å². The fourth-order valence-corrected chi connectivity index (χ4v) is 3.61. The number of unbranched alkanes of at least 4 members (excludes halogenated alkanes) is 3. The Morgan fingerprint density at radius 3 is 2.39 bits per heavy atom. The molecule has 0 unspecified atom stereocenters. The first-order valence-corrected chi connectivity index (χ1v) is 11.5. The number of hydrogen-bond acceptors (Lipinski definition) is 1. The summed E-state index contributed by atoms with van der Waals surface area (Å²) in [5.74, 6) is 1.98. The van der Waals surface area contributed by atoms with Crippen LogP contribution in [0, 0.1) is 5.92 Å². The van der Waals surface area contributed by atoms with Crippen molar-refractivity contribution in [3.05, 3.63) is 60.9 Å². The molecule has 1 heteroatoms. The molecule has 1 saturated carbocycles. The van der Waals surface area contributed by atoms with Crippen LogP contribution in [-0.2, 0) is 4.74 Å². The lowest BCUT2D eigenvalue weighted by Gasteiger charge is -2.08. The number of allylic oxidation sites excluding steroid dienone is 8. The van der Waals surface area contributed by atoms with E-state index in [2.05, 4.69) is 44.4 Å². The zero-order valence-electron chi connectivity index (χ0n) is 19.1. The van der Waals surface area contributed by atoms with Crippen molar-refractivity contribution in [2.75, 3.05) is 6.61 Å². The third kappa shape index (κ3) is 16.7. The molecule has 0 N–H and O–H groups in total. The van der Waals surface area contributed by atoms with Crippen LogP contribution in [0.3, 0.4) is 0 Å². The Morgan fingerprint density at radius 1 is 1.04 bits per heavy atom. The smallest absolute Gasteiger partial charge is 0.0888 e. The van der Waals surface area contributed by atoms with Crippen LogP contribution in [0.25, 0.3) is 0 Å². The lowest BCUT2D eigenvalue weighted by Crippen LogP contribution is -1.92. The maximum atomic E-state index is 5.20. The molecule has 1 rings (SSSR count). The number of rotatable bonds is 14. The highest BCUT2D eigenvalue weighted by molar-refractivity contribution is 5.20. The van der Waals surface area contributed by atoms with Crippen molar-refractivity contribution < 1.29 is 4.74 Å². The SMILES string of the molecule is C=C(CCC/C=C\C)OCC.C=C/C=C\C(=C/C)CCCCCC1CCCC1. The molecule has 0 spiro atoms. The average molecular weight is 387 g/mol. The predicted molar refractivity (Wildman–Crippen MR) is 128 cm³/mol. The molecular weight excluding hydrogens is 340 g/mol. The standard InChI is InChI=1S/C17H28.C10H18O/c1-3-5-11-16(4-2)12-7-6-8-13-17-14-9-10-15-17;1-4-6-7-8-9-10(3)11-5-2/h3-5,11,17H,1,6-10,12-15H2,2H3;4,6H,3,5,7-9H2,1-2H3/b11-5-,16-4+;6-4-. The molecule has 1 aliphatic rings. The molecule has 0 bridgehead atoms. The summed E-state index contributed by atoms with van der Waals surface area (Å²) in [7, 11) is 0. The quantitative estimate of drug-likeness (QED) is 0.125.